The number of nitrogens with zero attached hydrogens (tertiary/aromatic N) is 1. The van der Waals surface area contributed by atoms with Gasteiger partial charge in [-0.1, -0.05) is 0 Å². The van der Waals surface area contributed by atoms with Crippen molar-refractivity contribution in [1.82, 2.24) is 10.2 Å². The number of nitrogen functional groups attached to an aromatic ring is 1. The Kier molecular flexibility index (Phi) is 2.40. The van der Waals surface area contributed by atoms with E-state index >= 15 is 0 Å². The number of fused-ring (bicyclic) bond motifs is 1. The molecule has 0 bridgehead atoms. The minimum atomic E-state index is 0.507. The van der Waals surface area contributed by atoms with Crippen molar-refractivity contribution in [3.05, 3.63) is 23.4 Å². The standard InChI is InChI=1S/C13H15N3O2/c1-7-5-10-11(18-4-3-17-10)6-9(7)12-8(2)15-16-13(12)14/h5-6H,3-4H2,1-2H3,(H3,14,15,16). The van der Waals surface area contributed by atoms with Gasteiger partial charge in [-0.3, -0.25) is 5.10 Å². The average Bonchev–Trinajstić information content (AvgIpc) is 2.68. The van der Waals surface area contributed by atoms with Gasteiger partial charge >= 0.3 is 0 Å². The molecule has 2 aromatic rings. The Hall–Kier alpha value is -2.17. The van der Waals surface area contributed by atoms with Gasteiger partial charge in [-0.15, -0.1) is 0 Å². The molecule has 0 atom stereocenters. The summed E-state index contributed by atoms with van der Waals surface area (Å²) in [5.74, 6) is 2.07. The maximum absolute atomic E-state index is 5.90. The van der Waals surface area contributed by atoms with E-state index < -0.39 is 0 Å². The first-order valence-corrected chi connectivity index (χ1v) is 5.88. The lowest BCUT2D eigenvalue weighted by atomic mass is 9.99. The van der Waals surface area contributed by atoms with Crippen LogP contribution in [0.3, 0.4) is 0 Å². The van der Waals surface area contributed by atoms with Crippen LogP contribution in [0.1, 0.15) is 11.3 Å². The molecule has 0 saturated carbocycles. The zero-order valence-electron chi connectivity index (χ0n) is 10.4. The molecule has 1 aliphatic heterocycles. The topological polar surface area (TPSA) is 73.2 Å². The molecule has 5 nitrogen and oxygen atoms in total. The maximum atomic E-state index is 5.90. The fraction of sp³-hybridized carbons (Fsp3) is 0.308. The van der Waals surface area contributed by atoms with Crippen molar-refractivity contribution in [2.24, 2.45) is 0 Å². The molecule has 94 valence electrons. The number of ether oxygens (including phenoxy) is 2. The van der Waals surface area contributed by atoms with E-state index in [9.17, 15) is 0 Å². The van der Waals surface area contributed by atoms with Crippen LogP contribution in [-0.2, 0) is 0 Å². The largest absolute Gasteiger partial charge is 0.486 e. The lowest BCUT2D eigenvalue weighted by molar-refractivity contribution is 0.171. The number of hydrogen-bond acceptors (Lipinski definition) is 4. The second-order valence-corrected chi connectivity index (χ2v) is 4.42. The third-order valence-electron chi connectivity index (χ3n) is 3.13. The van der Waals surface area contributed by atoms with Gasteiger partial charge in [0.2, 0.25) is 0 Å². The minimum absolute atomic E-state index is 0.507. The van der Waals surface area contributed by atoms with Crippen LogP contribution in [0.5, 0.6) is 11.5 Å². The number of nitrogens with one attached hydrogen (secondary N) is 1. The van der Waals surface area contributed by atoms with Crippen molar-refractivity contribution in [2.45, 2.75) is 13.8 Å². The van der Waals surface area contributed by atoms with E-state index in [0.29, 0.717) is 19.0 Å². The fourth-order valence-corrected chi connectivity index (χ4v) is 2.25. The van der Waals surface area contributed by atoms with E-state index in [1.165, 1.54) is 0 Å². The molecule has 2 heterocycles. The summed E-state index contributed by atoms with van der Waals surface area (Å²) in [5.41, 5.74) is 9.91. The SMILES string of the molecule is Cc1cc2c(cc1-c1c(N)n[nH]c1C)OCCO2. The molecule has 18 heavy (non-hydrogen) atoms. The van der Waals surface area contributed by atoms with E-state index in [1.54, 1.807) is 0 Å². The molecule has 5 heteroatoms. The second-order valence-electron chi connectivity index (χ2n) is 4.42. The Morgan fingerprint density at radius 3 is 2.44 bits per heavy atom. The van der Waals surface area contributed by atoms with Gasteiger partial charge < -0.3 is 15.2 Å². The lowest BCUT2D eigenvalue weighted by Gasteiger charge is -2.20. The first-order valence-electron chi connectivity index (χ1n) is 5.88. The highest BCUT2D eigenvalue weighted by Gasteiger charge is 2.18. The number of aromatic nitrogens is 2. The van der Waals surface area contributed by atoms with E-state index in [2.05, 4.69) is 10.2 Å². The molecule has 3 N–H and O–H groups in total. The molecular formula is C13H15N3O2. The van der Waals surface area contributed by atoms with Gasteiger partial charge in [0.1, 0.15) is 13.2 Å². The van der Waals surface area contributed by atoms with Crippen LogP contribution in [0.2, 0.25) is 0 Å². The van der Waals surface area contributed by atoms with Crippen molar-refractivity contribution in [1.29, 1.82) is 0 Å². The summed E-state index contributed by atoms with van der Waals surface area (Å²) in [6.07, 6.45) is 0. The molecule has 0 aliphatic carbocycles. The Morgan fingerprint density at radius 2 is 1.83 bits per heavy atom. The first-order chi connectivity index (χ1) is 8.66. The lowest BCUT2D eigenvalue weighted by Crippen LogP contribution is -2.15. The highest BCUT2D eigenvalue weighted by atomic mass is 16.6. The molecule has 1 aromatic carbocycles. The number of hydrogen-bond donors (Lipinski definition) is 2. The molecule has 3 rings (SSSR count). The summed E-state index contributed by atoms with van der Waals surface area (Å²) in [7, 11) is 0. The zero-order chi connectivity index (χ0) is 12.7. The monoisotopic (exact) mass is 245 g/mol. The molecule has 0 saturated heterocycles. The molecule has 0 unspecified atom stereocenters. The number of anilines is 1. The summed E-state index contributed by atoms with van der Waals surface area (Å²) >= 11 is 0. The quantitative estimate of drug-likeness (QED) is 0.806. The zero-order valence-corrected chi connectivity index (χ0v) is 10.4. The van der Waals surface area contributed by atoms with Crippen LogP contribution in [-0.4, -0.2) is 23.4 Å². The first kappa shape index (κ1) is 11.0. The van der Waals surface area contributed by atoms with Gasteiger partial charge in [-0.25, -0.2) is 0 Å². The highest BCUT2D eigenvalue weighted by molar-refractivity contribution is 5.80. The Morgan fingerprint density at radius 1 is 1.17 bits per heavy atom. The summed E-state index contributed by atoms with van der Waals surface area (Å²) < 4.78 is 11.2. The van der Waals surface area contributed by atoms with Crippen LogP contribution >= 0.6 is 0 Å². The number of nitrogens with two attached hydrogens (primary N) is 1. The normalized spacial score (nSPS) is 13.7. The predicted octanol–water partition coefficient (Wildman–Crippen LogP) is 2.05. The van der Waals surface area contributed by atoms with Gasteiger partial charge in [0.05, 0.1) is 0 Å². The van der Waals surface area contributed by atoms with Gasteiger partial charge in [-0.05, 0) is 37.1 Å². The van der Waals surface area contributed by atoms with Crippen molar-refractivity contribution in [2.75, 3.05) is 18.9 Å². The molecular weight excluding hydrogens is 230 g/mol. The van der Waals surface area contributed by atoms with Gasteiger partial charge in [0.15, 0.2) is 17.3 Å². The molecule has 1 aliphatic rings. The maximum Gasteiger partial charge on any atom is 0.162 e. The number of rotatable bonds is 1. The molecule has 0 fully saturated rings. The van der Waals surface area contributed by atoms with Crippen LogP contribution in [0.4, 0.5) is 5.82 Å². The van der Waals surface area contributed by atoms with Crippen LogP contribution < -0.4 is 15.2 Å². The molecule has 0 amide bonds. The predicted molar refractivity (Wildman–Crippen MR) is 68.9 cm³/mol. The summed E-state index contributed by atoms with van der Waals surface area (Å²) in [4.78, 5) is 0. The van der Waals surface area contributed by atoms with Crippen molar-refractivity contribution in [3.63, 3.8) is 0 Å². The fourth-order valence-electron chi connectivity index (χ4n) is 2.25. The highest BCUT2D eigenvalue weighted by Crippen LogP contribution is 2.39. The van der Waals surface area contributed by atoms with E-state index in [4.69, 9.17) is 15.2 Å². The van der Waals surface area contributed by atoms with E-state index in [-0.39, 0.29) is 0 Å². The minimum Gasteiger partial charge on any atom is -0.486 e. The number of aryl methyl sites for hydroxylation is 2. The Balaban J connectivity index is 2.18. The van der Waals surface area contributed by atoms with Crippen LogP contribution in [0.15, 0.2) is 12.1 Å². The van der Waals surface area contributed by atoms with E-state index in [1.807, 2.05) is 26.0 Å². The molecule has 0 radical (unpaired) electrons. The van der Waals surface area contributed by atoms with Crippen molar-refractivity contribution in [3.8, 4) is 22.6 Å². The number of benzene rings is 1. The summed E-state index contributed by atoms with van der Waals surface area (Å²) in [5, 5.41) is 6.92. The van der Waals surface area contributed by atoms with E-state index in [0.717, 1.165) is 33.9 Å². The van der Waals surface area contributed by atoms with Gasteiger partial charge in [0, 0.05) is 11.3 Å². The van der Waals surface area contributed by atoms with Gasteiger partial charge in [0.25, 0.3) is 0 Å². The molecule has 0 spiro atoms. The Bertz CT molecular complexity index is 585. The third kappa shape index (κ3) is 1.59. The van der Waals surface area contributed by atoms with Crippen molar-refractivity contribution < 1.29 is 9.47 Å². The smallest absolute Gasteiger partial charge is 0.162 e. The number of H-pyrrole nitrogens is 1. The summed E-state index contributed by atoms with van der Waals surface area (Å²) in [6.45, 7) is 5.16. The number of aromatic amines is 1. The van der Waals surface area contributed by atoms with Crippen LogP contribution in [0, 0.1) is 13.8 Å². The second kappa shape index (κ2) is 3.94. The third-order valence-corrected chi connectivity index (χ3v) is 3.13. The van der Waals surface area contributed by atoms with Crippen LogP contribution in [0.25, 0.3) is 11.1 Å². The molecule has 1 aromatic heterocycles. The summed E-state index contributed by atoms with van der Waals surface area (Å²) in [6, 6.07) is 3.95. The Labute approximate surface area is 105 Å². The average molecular weight is 245 g/mol. The van der Waals surface area contributed by atoms with Crippen molar-refractivity contribution >= 4 is 5.82 Å². The van der Waals surface area contributed by atoms with Gasteiger partial charge in [-0.2, -0.15) is 5.10 Å².